The van der Waals surface area contributed by atoms with Crippen molar-refractivity contribution < 1.29 is 5.21 Å². The van der Waals surface area contributed by atoms with E-state index in [2.05, 4.69) is 23.7 Å². The molecule has 0 aromatic heterocycles. The topological polar surface area (TPSA) is 56.7 Å². The number of rotatable bonds is 7. The fourth-order valence-electron chi connectivity index (χ4n) is 1.85. The van der Waals surface area contributed by atoms with E-state index >= 15 is 0 Å². The van der Waals surface area contributed by atoms with Gasteiger partial charge < -0.3 is 0 Å². The van der Waals surface area contributed by atoms with Crippen LogP contribution in [-0.4, -0.2) is 11.4 Å². The molecule has 0 saturated carbocycles. The molecule has 2 aromatic carbocycles. The Balaban J connectivity index is 2.01. The second kappa shape index (κ2) is 8.36. The Bertz CT molecular complexity index is 733. The number of nitrogens with one attached hydrogen (secondary N) is 2. The molecule has 0 amide bonds. The van der Waals surface area contributed by atoms with Crippen LogP contribution in [0.4, 0.5) is 0 Å². The van der Waals surface area contributed by atoms with Crippen molar-refractivity contribution in [3.63, 3.8) is 0 Å². The molecule has 3 N–H and O–H groups in total. The van der Waals surface area contributed by atoms with Crippen LogP contribution in [-0.2, 0) is 0 Å². The fraction of sp³-hybridized carbons (Fsp3) is 0. The first-order chi connectivity index (χ1) is 11.2. The Hall–Kier alpha value is -3.11. The van der Waals surface area contributed by atoms with Crippen LogP contribution in [0.3, 0.4) is 0 Å². The van der Waals surface area contributed by atoms with Crippen LogP contribution in [0.2, 0.25) is 0 Å². The summed E-state index contributed by atoms with van der Waals surface area (Å²) in [6, 6.07) is 17.6. The van der Waals surface area contributed by atoms with E-state index in [0.29, 0.717) is 11.4 Å². The summed E-state index contributed by atoms with van der Waals surface area (Å²) in [5.41, 5.74) is 8.94. The lowest BCUT2D eigenvalue weighted by Crippen LogP contribution is -2.03. The zero-order chi connectivity index (χ0) is 16.5. The third-order valence-corrected chi connectivity index (χ3v) is 3.07. The highest BCUT2D eigenvalue weighted by atomic mass is 16.5. The SMILES string of the molecule is C=C(/C=C/c1cccc(C(=C)N/N=C/c2ccccc2)c1)NO. The van der Waals surface area contributed by atoms with Gasteiger partial charge in [-0.25, -0.2) is 0 Å². The molecule has 0 aliphatic rings. The molecule has 0 atom stereocenters. The smallest absolute Gasteiger partial charge is 0.0562 e. The normalized spacial score (nSPS) is 10.8. The zero-order valence-corrected chi connectivity index (χ0v) is 12.7. The Morgan fingerprint density at radius 3 is 2.48 bits per heavy atom. The molecule has 4 heteroatoms. The molecule has 0 aliphatic heterocycles. The van der Waals surface area contributed by atoms with Gasteiger partial charge in [-0.3, -0.25) is 16.1 Å². The maximum absolute atomic E-state index is 8.71. The number of allylic oxidation sites excluding steroid dienone is 1. The van der Waals surface area contributed by atoms with E-state index in [0.717, 1.165) is 16.7 Å². The minimum Gasteiger partial charge on any atom is -0.291 e. The fourth-order valence-corrected chi connectivity index (χ4v) is 1.85. The largest absolute Gasteiger partial charge is 0.291 e. The van der Waals surface area contributed by atoms with Gasteiger partial charge >= 0.3 is 0 Å². The van der Waals surface area contributed by atoms with Gasteiger partial charge in [-0.15, -0.1) is 0 Å². The van der Waals surface area contributed by atoms with Crippen LogP contribution in [0.1, 0.15) is 16.7 Å². The molecule has 0 saturated heterocycles. The van der Waals surface area contributed by atoms with Crippen LogP contribution in [0, 0.1) is 0 Å². The highest BCUT2D eigenvalue weighted by molar-refractivity contribution is 5.79. The van der Waals surface area contributed by atoms with Gasteiger partial charge in [0.1, 0.15) is 0 Å². The number of hydroxylamine groups is 1. The molecule has 0 heterocycles. The van der Waals surface area contributed by atoms with Crippen LogP contribution in [0.15, 0.2) is 84.6 Å². The third-order valence-electron chi connectivity index (χ3n) is 3.07. The molecule has 0 bridgehead atoms. The summed E-state index contributed by atoms with van der Waals surface area (Å²) >= 11 is 0. The van der Waals surface area contributed by atoms with Crippen molar-refractivity contribution in [2.75, 3.05) is 0 Å². The van der Waals surface area contributed by atoms with Gasteiger partial charge in [0.25, 0.3) is 0 Å². The van der Waals surface area contributed by atoms with Gasteiger partial charge in [-0.05, 0) is 28.8 Å². The summed E-state index contributed by atoms with van der Waals surface area (Å²) in [5, 5.41) is 12.9. The van der Waals surface area contributed by atoms with Crippen LogP contribution in [0.5, 0.6) is 0 Å². The average molecular weight is 305 g/mol. The molecule has 0 spiro atoms. The van der Waals surface area contributed by atoms with Gasteiger partial charge in [-0.2, -0.15) is 5.10 Å². The molecule has 0 aliphatic carbocycles. The van der Waals surface area contributed by atoms with Crippen LogP contribution >= 0.6 is 0 Å². The van der Waals surface area contributed by atoms with E-state index in [-0.39, 0.29) is 0 Å². The summed E-state index contributed by atoms with van der Waals surface area (Å²) in [7, 11) is 0. The van der Waals surface area contributed by atoms with Crippen molar-refractivity contribution in [1.82, 2.24) is 10.9 Å². The quantitative estimate of drug-likeness (QED) is 0.414. The van der Waals surface area contributed by atoms with Crippen molar-refractivity contribution in [1.29, 1.82) is 0 Å². The van der Waals surface area contributed by atoms with E-state index < -0.39 is 0 Å². The number of nitrogens with zero attached hydrogens (tertiary/aromatic N) is 1. The lowest BCUT2D eigenvalue weighted by molar-refractivity contribution is 0.205. The van der Waals surface area contributed by atoms with E-state index in [1.165, 1.54) is 0 Å². The van der Waals surface area contributed by atoms with Gasteiger partial charge in [-0.1, -0.05) is 67.8 Å². The maximum Gasteiger partial charge on any atom is 0.0562 e. The van der Waals surface area contributed by atoms with Crippen molar-refractivity contribution >= 4 is 18.0 Å². The van der Waals surface area contributed by atoms with Gasteiger partial charge in [0, 0.05) is 0 Å². The first-order valence-electron chi connectivity index (χ1n) is 7.09. The van der Waals surface area contributed by atoms with Gasteiger partial charge in [0.15, 0.2) is 0 Å². The standard InChI is InChI=1S/C19H19N3O/c1-15(22-23)11-12-17-9-6-10-19(13-17)16(2)21-20-14-18-7-4-3-5-8-18/h3-14,21-23H,1-2H2/b12-11+,20-14+. The highest BCUT2D eigenvalue weighted by Gasteiger charge is 1.98. The van der Waals surface area contributed by atoms with Crippen LogP contribution in [0.25, 0.3) is 11.8 Å². The lowest BCUT2D eigenvalue weighted by atomic mass is 10.1. The van der Waals surface area contributed by atoms with E-state index in [1.54, 1.807) is 12.3 Å². The molecular formula is C19H19N3O. The lowest BCUT2D eigenvalue weighted by Gasteiger charge is -2.06. The molecule has 0 radical (unpaired) electrons. The maximum atomic E-state index is 8.71. The summed E-state index contributed by atoms with van der Waals surface area (Å²) < 4.78 is 0. The molecular weight excluding hydrogens is 286 g/mol. The summed E-state index contributed by atoms with van der Waals surface area (Å²) in [5.74, 6) is 0. The van der Waals surface area contributed by atoms with Crippen molar-refractivity contribution in [2.24, 2.45) is 5.10 Å². The predicted molar refractivity (Wildman–Crippen MR) is 95.7 cm³/mol. The minimum atomic E-state index is 0.416. The predicted octanol–water partition coefficient (Wildman–Crippen LogP) is 3.79. The average Bonchev–Trinajstić information content (AvgIpc) is 2.60. The molecule has 0 fully saturated rings. The number of hydrazone groups is 1. The monoisotopic (exact) mass is 305 g/mol. The zero-order valence-electron chi connectivity index (χ0n) is 12.7. The van der Waals surface area contributed by atoms with E-state index in [1.807, 2.05) is 66.2 Å². The number of benzene rings is 2. The highest BCUT2D eigenvalue weighted by Crippen LogP contribution is 2.13. The molecule has 4 nitrogen and oxygen atoms in total. The van der Waals surface area contributed by atoms with Gasteiger partial charge in [0.05, 0.1) is 17.6 Å². The Morgan fingerprint density at radius 2 is 1.74 bits per heavy atom. The van der Waals surface area contributed by atoms with Crippen molar-refractivity contribution in [3.8, 4) is 0 Å². The second-order valence-electron chi connectivity index (χ2n) is 4.86. The molecule has 0 unspecified atom stereocenters. The molecule has 2 rings (SSSR count). The summed E-state index contributed by atoms with van der Waals surface area (Å²) in [6.45, 7) is 7.61. The Labute approximate surface area is 136 Å². The summed E-state index contributed by atoms with van der Waals surface area (Å²) in [6.07, 6.45) is 5.27. The molecule has 2 aromatic rings. The summed E-state index contributed by atoms with van der Waals surface area (Å²) in [4.78, 5) is 0. The third kappa shape index (κ3) is 5.30. The van der Waals surface area contributed by atoms with Crippen LogP contribution < -0.4 is 10.9 Å². The van der Waals surface area contributed by atoms with E-state index in [9.17, 15) is 0 Å². The first-order valence-corrected chi connectivity index (χ1v) is 7.09. The minimum absolute atomic E-state index is 0.416. The van der Waals surface area contributed by atoms with Crippen molar-refractivity contribution in [2.45, 2.75) is 0 Å². The molecule has 116 valence electrons. The molecule has 23 heavy (non-hydrogen) atoms. The first kappa shape index (κ1) is 16.3. The van der Waals surface area contributed by atoms with E-state index in [4.69, 9.17) is 5.21 Å². The second-order valence-corrected chi connectivity index (χ2v) is 4.86. The van der Waals surface area contributed by atoms with Gasteiger partial charge in [0.2, 0.25) is 0 Å². The number of hydrogen-bond acceptors (Lipinski definition) is 4. The number of hydrogen-bond donors (Lipinski definition) is 3. The Morgan fingerprint density at radius 1 is 1.00 bits per heavy atom. The Kier molecular flexibility index (Phi) is 5.91. The van der Waals surface area contributed by atoms with Crippen molar-refractivity contribution in [3.05, 3.63) is 96.2 Å².